The first-order chi connectivity index (χ1) is 12.9. The standard InChI is InChI=1S/C16H19N5O5S/c22-16(4-6-18-7-5-17-13-18)19-8-10-20(11-9-19)27(25,26)15-3-1-2-14(12-15)21(23)24/h1-3,5,7,12-13H,4,6,8-11H2. The van der Waals surface area contributed by atoms with Gasteiger partial charge < -0.3 is 9.47 Å². The molecule has 0 spiro atoms. The van der Waals surface area contributed by atoms with Crippen LogP contribution in [-0.2, 0) is 21.4 Å². The zero-order valence-corrected chi connectivity index (χ0v) is 15.3. The Labute approximate surface area is 156 Å². The fourth-order valence-electron chi connectivity index (χ4n) is 2.89. The lowest BCUT2D eigenvalue weighted by Crippen LogP contribution is -2.50. The quantitative estimate of drug-likeness (QED) is 0.527. The van der Waals surface area contributed by atoms with Gasteiger partial charge in [0.2, 0.25) is 15.9 Å². The van der Waals surface area contributed by atoms with E-state index >= 15 is 0 Å². The predicted octanol–water partition coefficient (Wildman–Crippen LogP) is 0.714. The number of carbonyl (C=O) groups is 1. The Bertz CT molecular complexity index is 920. The molecule has 1 aliphatic heterocycles. The second-order valence-corrected chi connectivity index (χ2v) is 8.03. The number of amides is 1. The lowest BCUT2D eigenvalue weighted by molar-refractivity contribution is -0.385. The summed E-state index contributed by atoms with van der Waals surface area (Å²) in [6.45, 7) is 1.41. The van der Waals surface area contributed by atoms with Crippen LogP contribution in [0.15, 0.2) is 47.9 Å². The smallest absolute Gasteiger partial charge is 0.270 e. The Morgan fingerprint density at radius 1 is 1.22 bits per heavy atom. The first-order valence-corrected chi connectivity index (χ1v) is 9.80. The summed E-state index contributed by atoms with van der Waals surface area (Å²) in [5.74, 6) is -0.0453. The van der Waals surface area contributed by atoms with E-state index in [1.807, 2.05) is 0 Å². The average molecular weight is 393 g/mol. The second kappa shape index (κ2) is 7.84. The molecule has 2 heterocycles. The topological polar surface area (TPSA) is 119 Å². The van der Waals surface area contributed by atoms with Crippen molar-refractivity contribution in [1.82, 2.24) is 18.8 Å². The Morgan fingerprint density at radius 2 is 1.96 bits per heavy atom. The van der Waals surface area contributed by atoms with Gasteiger partial charge in [-0.15, -0.1) is 0 Å². The number of non-ortho nitro benzene ring substituents is 1. The number of hydrogen-bond donors (Lipinski definition) is 0. The van der Waals surface area contributed by atoms with Crippen LogP contribution in [0.2, 0.25) is 0 Å². The van der Waals surface area contributed by atoms with Crippen LogP contribution in [0.3, 0.4) is 0 Å². The Morgan fingerprint density at radius 3 is 2.59 bits per heavy atom. The molecule has 0 unspecified atom stereocenters. The zero-order chi connectivity index (χ0) is 19.4. The third-order valence-corrected chi connectivity index (χ3v) is 6.30. The number of benzene rings is 1. The molecule has 144 valence electrons. The van der Waals surface area contributed by atoms with Crippen molar-refractivity contribution in [1.29, 1.82) is 0 Å². The molecule has 0 atom stereocenters. The summed E-state index contributed by atoms with van der Waals surface area (Å²) >= 11 is 0. The molecule has 0 bridgehead atoms. The van der Waals surface area contributed by atoms with E-state index in [4.69, 9.17) is 0 Å². The first kappa shape index (κ1) is 19.0. The van der Waals surface area contributed by atoms with E-state index in [-0.39, 0.29) is 42.7 Å². The molecule has 1 fully saturated rings. The number of nitrogens with zero attached hydrogens (tertiary/aromatic N) is 5. The highest BCUT2D eigenvalue weighted by Crippen LogP contribution is 2.22. The van der Waals surface area contributed by atoms with Crippen molar-refractivity contribution in [3.63, 3.8) is 0 Å². The van der Waals surface area contributed by atoms with E-state index < -0.39 is 14.9 Å². The van der Waals surface area contributed by atoms with E-state index in [1.165, 1.54) is 22.5 Å². The van der Waals surface area contributed by atoms with Crippen LogP contribution >= 0.6 is 0 Å². The van der Waals surface area contributed by atoms with Crippen LogP contribution < -0.4 is 0 Å². The third-order valence-electron chi connectivity index (χ3n) is 4.40. The molecule has 27 heavy (non-hydrogen) atoms. The highest BCUT2D eigenvalue weighted by molar-refractivity contribution is 7.89. The molecule has 1 aromatic heterocycles. The number of sulfonamides is 1. The molecule has 0 radical (unpaired) electrons. The van der Waals surface area contributed by atoms with Gasteiger partial charge in [-0.1, -0.05) is 6.07 Å². The highest BCUT2D eigenvalue weighted by Gasteiger charge is 2.30. The number of imidazole rings is 1. The number of nitro groups is 1. The van der Waals surface area contributed by atoms with Gasteiger partial charge in [-0.25, -0.2) is 13.4 Å². The molecule has 0 aliphatic carbocycles. The summed E-state index contributed by atoms with van der Waals surface area (Å²) in [4.78, 5) is 28.0. The fraction of sp³-hybridized carbons (Fsp3) is 0.375. The van der Waals surface area contributed by atoms with E-state index in [2.05, 4.69) is 4.98 Å². The van der Waals surface area contributed by atoms with Gasteiger partial charge in [0.25, 0.3) is 5.69 Å². The zero-order valence-electron chi connectivity index (χ0n) is 14.5. The monoisotopic (exact) mass is 393 g/mol. The molecule has 3 rings (SSSR count). The lowest BCUT2D eigenvalue weighted by atomic mass is 10.3. The maximum atomic E-state index is 12.7. The molecular weight excluding hydrogens is 374 g/mol. The SMILES string of the molecule is O=C(CCn1ccnc1)N1CCN(S(=O)(=O)c2cccc([N+](=O)[O-])c2)CC1. The average Bonchev–Trinajstić information content (AvgIpc) is 3.20. The number of hydrogen-bond acceptors (Lipinski definition) is 6. The molecule has 1 aromatic carbocycles. The van der Waals surface area contributed by atoms with Crippen molar-refractivity contribution in [2.45, 2.75) is 17.9 Å². The Kier molecular flexibility index (Phi) is 5.51. The van der Waals surface area contributed by atoms with Crippen molar-refractivity contribution < 1.29 is 18.1 Å². The molecule has 11 heteroatoms. The van der Waals surface area contributed by atoms with Gasteiger partial charge in [-0.2, -0.15) is 4.31 Å². The third kappa shape index (κ3) is 4.31. The maximum Gasteiger partial charge on any atom is 0.270 e. The first-order valence-electron chi connectivity index (χ1n) is 8.36. The number of rotatable bonds is 6. The largest absolute Gasteiger partial charge is 0.340 e. The number of aromatic nitrogens is 2. The van der Waals surface area contributed by atoms with Crippen LogP contribution in [0.5, 0.6) is 0 Å². The number of aryl methyl sites for hydroxylation is 1. The molecule has 2 aromatic rings. The lowest BCUT2D eigenvalue weighted by Gasteiger charge is -2.34. The molecular formula is C16H19N5O5S. The fourth-order valence-corrected chi connectivity index (χ4v) is 4.35. The minimum absolute atomic E-state index is 0.0453. The van der Waals surface area contributed by atoms with Crippen molar-refractivity contribution in [3.05, 3.63) is 53.1 Å². The Hall–Kier alpha value is -2.79. The van der Waals surface area contributed by atoms with Crippen molar-refractivity contribution >= 4 is 21.6 Å². The van der Waals surface area contributed by atoms with Gasteiger partial charge in [0.1, 0.15) is 0 Å². The van der Waals surface area contributed by atoms with E-state index in [0.29, 0.717) is 13.0 Å². The van der Waals surface area contributed by atoms with E-state index in [1.54, 1.807) is 28.2 Å². The van der Waals surface area contributed by atoms with Gasteiger partial charge in [0, 0.05) is 63.7 Å². The minimum Gasteiger partial charge on any atom is -0.340 e. The molecule has 0 N–H and O–H groups in total. The van der Waals surface area contributed by atoms with Crippen LogP contribution in [0.1, 0.15) is 6.42 Å². The van der Waals surface area contributed by atoms with Gasteiger partial charge in [-0.05, 0) is 6.07 Å². The van der Waals surface area contributed by atoms with Gasteiger partial charge in [-0.3, -0.25) is 14.9 Å². The minimum atomic E-state index is -3.84. The Balaban J connectivity index is 1.60. The number of nitro benzene ring substituents is 1. The molecule has 1 aliphatic rings. The van der Waals surface area contributed by atoms with Gasteiger partial charge in [0.15, 0.2) is 0 Å². The normalized spacial score (nSPS) is 15.6. The summed E-state index contributed by atoms with van der Waals surface area (Å²) in [5, 5.41) is 10.9. The van der Waals surface area contributed by atoms with Crippen molar-refractivity contribution in [2.75, 3.05) is 26.2 Å². The van der Waals surface area contributed by atoms with Crippen molar-refractivity contribution in [3.8, 4) is 0 Å². The van der Waals surface area contributed by atoms with Crippen LogP contribution in [0.25, 0.3) is 0 Å². The summed E-state index contributed by atoms with van der Waals surface area (Å²) in [5.41, 5.74) is -0.274. The van der Waals surface area contributed by atoms with Gasteiger partial charge in [0.05, 0.1) is 16.1 Å². The second-order valence-electron chi connectivity index (χ2n) is 6.09. The van der Waals surface area contributed by atoms with Crippen molar-refractivity contribution in [2.24, 2.45) is 0 Å². The maximum absolute atomic E-state index is 12.7. The summed E-state index contributed by atoms with van der Waals surface area (Å²) in [6.07, 6.45) is 5.36. The summed E-state index contributed by atoms with van der Waals surface area (Å²) in [7, 11) is -3.84. The van der Waals surface area contributed by atoms with Gasteiger partial charge >= 0.3 is 0 Å². The summed E-state index contributed by atoms with van der Waals surface area (Å²) < 4.78 is 28.5. The van der Waals surface area contributed by atoms with E-state index in [9.17, 15) is 23.3 Å². The summed E-state index contributed by atoms with van der Waals surface area (Å²) in [6, 6.07) is 4.99. The molecule has 10 nitrogen and oxygen atoms in total. The van der Waals surface area contributed by atoms with E-state index in [0.717, 1.165) is 6.07 Å². The predicted molar refractivity (Wildman–Crippen MR) is 95.3 cm³/mol. The van der Waals surface area contributed by atoms with Crippen LogP contribution in [0.4, 0.5) is 5.69 Å². The molecule has 1 amide bonds. The highest BCUT2D eigenvalue weighted by atomic mass is 32.2. The molecule has 1 saturated heterocycles. The van der Waals surface area contributed by atoms with Crippen LogP contribution in [-0.4, -0.2) is 64.2 Å². The number of carbonyl (C=O) groups excluding carboxylic acids is 1. The number of piperazine rings is 1. The van der Waals surface area contributed by atoms with Crippen LogP contribution in [0, 0.1) is 10.1 Å². The molecule has 0 saturated carbocycles.